The van der Waals surface area contributed by atoms with Crippen LogP contribution in [0.5, 0.6) is 0 Å². The SMILES string of the molecule is Cc1ccc(NC(=O)Cn2c(CN3CCOCC3)nc3sc4c(c3c2=O)CCC(C)C4)cc1. The highest BCUT2D eigenvalue weighted by Gasteiger charge is 2.26. The Balaban J connectivity index is 1.51. The van der Waals surface area contributed by atoms with Crippen LogP contribution in [-0.2, 0) is 35.5 Å². The lowest BCUT2D eigenvalue weighted by Crippen LogP contribution is -2.39. The van der Waals surface area contributed by atoms with E-state index in [1.165, 1.54) is 4.88 Å². The summed E-state index contributed by atoms with van der Waals surface area (Å²) < 4.78 is 7.06. The van der Waals surface area contributed by atoms with Crippen molar-refractivity contribution in [3.05, 3.63) is 56.4 Å². The van der Waals surface area contributed by atoms with E-state index in [1.54, 1.807) is 15.9 Å². The minimum Gasteiger partial charge on any atom is -0.379 e. The number of rotatable bonds is 5. The van der Waals surface area contributed by atoms with E-state index < -0.39 is 0 Å². The van der Waals surface area contributed by atoms with Gasteiger partial charge in [0.05, 0.1) is 25.1 Å². The third-order valence-corrected chi connectivity index (χ3v) is 7.75. The molecule has 2 aromatic heterocycles. The highest BCUT2D eigenvalue weighted by molar-refractivity contribution is 7.18. The van der Waals surface area contributed by atoms with Crippen LogP contribution in [0.1, 0.15) is 35.2 Å². The second-order valence-electron chi connectivity index (χ2n) is 9.25. The molecular weight excluding hydrogens is 436 g/mol. The first-order valence-electron chi connectivity index (χ1n) is 11.7. The Hall–Kier alpha value is -2.55. The number of fused-ring (bicyclic) bond motifs is 3. The molecule has 174 valence electrons. The van der Waals surface area contributed by atoms with Gasteiger partial charge in [-0.05, 0) is 49.8 Å². The molecule has 0 saturated carbocycles. The van der Waals surface area contributed by atoms with E-state index in [9.17, 15) is 9.59 Å². The average molecular weight is 467 g/mol. The number of morpholine rings is 1. The Morgan fingerprint density at radius 3 is 2.76 bits per heavy atom. The minimum atomic E-state index is -0.219. The smallest absolute Gasteiger partial charge is 0.263 e. The molecule has 3 aromatic rings. The Morgan fingerprint density at radius 1 is 1.24 bits per heavy atom. The van der Waals surface area contributed by atoms with Gasteiger partial charge >= 0.3 is 0 Å². The number of hydrogen-bond acceptors (Lipinski definition) is 6. The third-order valence-electron chi connectivity index (χ3n) is 6.60. The molecule has 1 aliphatic carbocycles. The van der Waals surface area contributed by atoms with Crippen LogP contribution in [0, 0.1) is 12.8 Å². The number of aryl methyl sites for hydroxylation is 2. The number of hydrogen-bond donors (Lipinski definition) is 1. The number of amides is 1. The number of nitrogens with one attached hydrogen (secondary N) is 1. The van der Waals surface area contributed by atoms with Crippen LogP contribution < -0.4 is 10.9 Å². The molecule has 1 aliphatic heterocycles. The first kappa shape index (κ1) is 22.3. The van der Waals surface area contributed by atoms with Crippen molar-refractivity contribution < 1.29 is 9.53 Å². The molecule has 0 spiro atoms. The molecule has 7 nitrogen and oxygen atoms in total. The van der Waals surface area contributed by atoms with E-state index in [0.29, 0.717) is 31.5 Å². The van der Waals surface area contributed by atoms with Crippen molar-refractivity contribution in [1.29, 1.82) is 0 Å². The van der Waals surface area contributed by atoms with Gasteiger partial charge in [0.1, 0.15) is 17.2 Å². The van der Waals surface area contributed by atoms with Crippen LogP contribution in [0.25, 0.3) is 10.2 Å². The number of benzene rings is 1. The van der Waals surface area contributed by atoms with Gasteiger partial charge in [0.25, 0.3) is 5.56 Å². The van der Waals surface area contributed by atoms with E-state index in [1.807, 2.05) is 31.2 Å². The number of aromatic nitrogens is 2. The number of carbonyl (C=O) groups excluding carboxylic acids is 1. The molecule has 1 aromatic carbocycles. The molecule has 0 radical (unpaired) electrons. The average Bonchev–Trinajstić information content (AvgIpc) is 3.16. The van der Waals surface area contributed by atoms with Crippen LogP contribution in [-0.4, -0.2) is 46.7 Å². The van der Waals surface area contributed by atoms with E-state index in [2.05, 4.69) is 17.1 Å². The number of ether oxygens (including phenoxy) is 1. The normalized spacial score (nSPS) is 18.9. The molecule has 1 saturated heterocycles. The summed E-state index contributed by atoms with van der Waals surface area (Å²) in [5, 5.41) is 3.65. The fraction of sp³-hybridized carbons (Fsp3) is 0.480. The zero-order valence-electron chi connectivity index (χ0n) is 19.2. The molecule has 5 rings (SSSR count). The van der Waals surface area contributed by atoms with Crippen LogP contribution in [0.15, 0.2) is 29.1 Å². The van der Waals surface area contributed by atoms with Gasteiger partial charge in [-0.1, -0.05) is 24.6 Å². The van der Waals surface area contributed by atoms with Gasteiger partial charge in [0.15, 0.2) is 0 Å². The summed E-state index contributed by atoms with van der Waals surface area (Å²) in [7, 11) is 0. The molecule has 2 aliphatic rings. The lowest BCUT2D eigenvalue weighted by Gasteiger charge is -2.27. The maximum absolute atomic E-state index is 13.7. The van der Waals surface area contributed by atoms with Crippen molar-refractivity contribution in [3.63, 3.8) is 0 Å². The Morgan fingerprint density at radius 2 is 2.00 bits per heavy atom. The van der Waals surface area contributed by atoms with Gasteiger partial charge in [-0.25, -0.2) is 4.98 Å². The quantitative estimate of drug-likeness (QED) is 0.624. The van der Waals surface area contributed by atoms with E-state index >= 15 is 0 Å². The van der Waals surface area contributed by atoms with Crippen LogP contribution in [0.2, 0.25) is 0 Å². The molecule has 1 fully saturated rings. The van der Waals surface area contributed by atoms with Gasteiger partial charge in [0, 0.05) is 23.7 Å². The molecule has 1 atom stereocenters. The molecule has 1 amide bonds. The largest absolute Gasteiger partial charge is 0.379 e. The standard InChI is InChI=1S/C25H30N4O3S/c1-16-3-6-18(7-4-16)26-22(30)15-29-21(14-28-9-11-32-12-10-28)27-24-23(25(29)31)19-8-5-17(2)13-20(19)33-24/h3-4,6-7,17H,5,8-15H2,1-2H3,(H,26,30). The summed E-state index contributed by atoms with van der Waals surface area (Å²) in [6, 6.07) is 7.67. The molecule has 1 N–H and O–H groups in total. The zero-order valence-corrected chi connectivity index (χ0v) is 20.0. The molecule has 1 unspecified atom stereocenters. The first-order valence-corrected chi connectivity index (χ1v) is 12.5. The molecule has 33 heavy (non-hydrogen) atoms. The molecular formula is C25H30N4O3S. The predicted octanol–water partition coefficient (Wildman–Crippen LogP) is 3.36. The lowest BCUT2D eigenvalue weighted by atomic mass is 9.89. The summed E-state index contributed by atoms with van der Waals surface area (Å²) in [6.07, 6.45) is 3.00. The second-order valence-corrected chi connectivity index (χ2v) is 10.3. The van der Waals surface area contributed by atoms with Gasteiger partial charge in [-0.15, -0.1) is 11.3 Å². The Kier molecular flexibility index (Phi) is 6.32. The zero-order chi connectivity index (χ0) is 22.9. The number of nitrogens with zero attached hydrogens (tertiary/aromatic N) is 3. The Labute approximate surface area is 197 Å². The number of thiophene rings is 1. The monoisotopic (exact) mass is 466 g/mol. The van der Waals surface area contributed by atoms with Gasteiger partial charge in [-0.2, -0.15) is 0 Å². The van der Waals surface area contributed by atoms with Gasteiger partial charge < -0.3 is 10.1 Å². The first-order chi connectivity index (χ1) is 16.0. The Bertz CT molecular complexity index is 1230. The molecule has 8 heteroatoms. The van der Waals surface area contributed by atoms with Crippen molar-refractivity contribution in [3.8, 4) is 0 Å². The lowest BCUT2D eigenvalue weighted by molar-refractivity contribution is -0.116. The van der Waals surface area contributed by atoms with Crippen molar-refractivity contribution in [1.82, 2.24) is 14.5 Å². The third kappa shape index (κ3) is 4.74. The molecule has 3 heterocycles. The van der Waals surface area contributed by atoms with Gasteiger partial charge in [-0.3, -0.25) is 19.1 Å². The van der Waals surface area contributed by atoms with Crippen molar-refractivity contribution in [2.24, 2.45) is 5.92 Å². The van der Waals surface area contributed by atoms with E-state index in [-0.39, 0.29) is 18.0 Å². The van der Waals surface area contributed by atoms with Crippen molar-refractivity contribution >= 4 is 33.1 Å². The summed E-state index contributed by atoms with van der Waals surface area (Å²) >= 11 is 1.66. The highest BCUT2D eigenvalue weighted by Crippen LogP contribution is 2.36. The van der Waals surface area contributed by atoms with Crippen LogP contribution in [0.3, 0.4) is 0 Å². The number of carbonyl (C=O) groups is 1. The van der Waals surface area contributed by atoms with Crippen LogP contribution in [0.4, 0.5) is 5.69 Å². The highest BCUT2D eigenvalue weighted by atomic mass is 32.1. The van der Waals surface area contributed by atoms with Crippen molar-refractivity contribution in [2.45, 2.75) is 46.2 Å². The maximum Gasteiger partial charge on any atom is 0.263 e. The number of anilines is 1. The summed E-state index contributed by atoms with van der Waals surface area (Å²) in [4.78, 5) is 36.0. The fourth-order valence-corrected chi connectivity index (χ4v) is 6.08. The fourth-order valence-electron chi connectivity index (χ4n) is 4.69. The van der Waals surface area contributed by atoms with E-state index in [0.717, 1.165) is 59.4 Å². The predicted molar refractivity (Wildman–Crippen MR) is 131 cm³/mol. The van der Waals surface area contributed by atoms with E-state index in [4.69, 9.17) is 9.72 Å². The van der Waals surface area contributed by atoms with Crippen LogP contribution >= 0.6 is 11.3 Å². The molecule has 0 bridgehead atoms. The topological polar surface area (TPSA) is 76.5 Å². The summed E-state index contributed by atoms with van der Waals surface area (Å²) in [6.45, 7) is 7.69. The summed E-state index contributed by atoms with van der Waals surface area (Å²) in [5.41, 5.74) is 2.91. The van der Waals surface area contributed by atoms with Gasteiger partial charge in [0.2, 0.25) is 5.91 Å². The second kappa shape index (κ2) is 9.37. The van der Waals surface area contributed by atoms with Crippen molar-refractivity contribution in [2.75, 3.05) is 31.6 Å². The minimum absolute atomic E-state index is 0.0453. The summed E-state index contributed by atoms with van der Waals surface area (Å²) in [5.74, 6) is 1.06. The maximum atomic E-state index is 13.7.